The molecule has 1 fully saturated rings. The molecule has 0 bridgehead atoms. The third kappa shape index (κ3) is 2.82. The fraction of sp³-hybridized carbons (Fsp3) is 0.105. The van der Waals surface area contributed by atoms with Crippen LogP contribution in [0, 0.1) is 6.92 Å². The summed E-state index contributed by atoms with van der Waals surface area (Å²) in [6.45, 7) is 2.11. The fourth-order valence-corrected chi connectivity index (χ4v) is 3.04. The van der Waals surface area contributed by atoms with Gasteiger partial charge in [0.05, 0.1) is 5.69 Å². The molecule has 0 atom stereocenters. The van der Waals surface area contributed by atoms with Gasteiger partial charge in [-0.05, 0) is 55.0 Å². The van der Waals surface area contributed by atoms with Gasteiger partial charge in [0.25, 0.3) is 11.8 Å². The summed E-state index contributed by atoms with van der Waals surface area (Å²) < 4.78 is 10.6. The summed E-state index contributed by atoms with van der Waals surface area (Å²) in [7, 11) is 0. The predicted molar refractivity (Wildman–Crippen MR) is 99.9 cm³/mol. The Morgan fingerprint density at radius 1 is 1.08 bits per heavy atom. The van der Waals surface area contributed by atoms with Crippen molar-refractivity contribution in [1.82, 2.24) is 5.32 Å². The maximum absolute atomic E-state index is 12.9. The summed E-state index contributed by atoms with van der Waals surface area (Å²) in [6, 6.07) is 12.5. The first-order valence-electron chi connectivity index (χ1n) is 7.91. The molecular formula is C19H14N2O4S. The summed E-state index contributed by atoms with van der Waals surface area (Å²) in [5.41, 5.74) is 2.31. The Kier molecular flexibility index (Phi) is 3.93. The number of hydrogen-bond donors (Lipinski definition) is 1. The van der Waals surface area contributed by atoms with Gasteiger partial charge in [0, 0.05) is 0 Å². The number of fused-ring (bicyclic) bond motifs is 1. The Hall–Kier alpha value is -3.19. The number of nitrogens with zero attached hydrogens (tertiary/aromatic N) is 1. The van der Waals surface area contributed by atoms with Crippen LogP contribution < -0.4 is 19.7 Å². The van der Waals surface area contributed by atoms with Crippen LogP contribution in [0.4, 0.5) is 5.69 Å². The van der Waals surface area contributed by atoms with Crippen LogP contribution >= 0.6 is 12.2 Å². The standard InChI is InChI=1S/C19H14N2O4S/c1-11-2-5-13(6-3-11)21-18(23)14(17(22)20-19(21)26)8-12-4-7-15-16(9-12)25-10-24-15/h2-9H,10H2,1H3,(H,20,22,26)/b14-8+. The lowest BCUT2D eigenvalue weighted by Gasteiger charge is -2.29. The lowest BCUT2D eigenvalue weighted by molar-refractivity contribution is -0.122. The quantitative estimate of drug-likeness (QED) is 0.503. The molecule has 7 heteroatoms. The van der Waals surface area contributed by atoms with Crippen molar-refractivity contribution in [3.63, 3.8) is 0 Å². The zero-order chi connectivity index (χ0) is 18.3. The highest BCUT2D eigenvalue weighted by atomic mass is 32.1. The number of carbonyl (C=O) groups is 2. The van der Waals surface area contributed by atoms with Gasteiger partial charge in [-0.15, -0.1) is 0 Å². The highest BCUT2D eigenvalue weighted by Gasteiger charge is 2.34. The van der Waals surface area contributed by atoms with Gasteiger partial charge in [-0.2, -0.15) is 0 Å². The maximum Gasteiger partial charge on any atom is 0.270 e. The molecule has 6 nitrogen and oxygen atoms in total. The molecule has 0 aliphatic carbocycles. The van der Waals surface area contributed by atoms with E-state index >= 15 is 0 Å². The first-order valence-corrected chi connectivity index (χ1v) is 8.31. The zero-order valence-electron chi connectivity index (χ0n) is 13.8. The number of nitrogens with one attached hydrogen (secondary N) is 1. The van der Waals surface area contributed by atoms with Crippen LogP contribution in [0.1, 0.15) is 11.1 Å². The predicted octanol–water partition coefficient (Wildman–Crippen LogP) is 2.56. The Bertz CT molecular complexity index is 966. The Morgan fingerprint density at radius 3 is 2.58 bits per heavy atom. The SMILES string of the molecule is Cc1ccc(N2C(=O)/C(=C/c3ccc4c(c3)OCO4)C(=O)NC2=S)cc1. The molecule has 1 saturated heterocycles. The molecule has 0 spiro atoms. The van der Waals surface area contributed by atoms with Gasteiger partial charge < -0.3 is 9.47 Å². The van der Waals surface area contributed by atoms with E-state index in [0.717, 1.165) is 5.56 Å². The van der Waals surface area contributed by atoms with Crippen LogP contribution in [-0.2, 0) is 9.59 Å². The number of thiocarbonyl (C=S) groups is 1. The average Bonchev–Trinajstić information content (AvgIpc) is 3.08. The first kappa shape index (κ1) is 16.3. The second kappa shape index (κ2) is 6.27. The third-order valence-corrected chi connectivity index (χ3v) is 4.39. The van der Waals surface area contributed by atoms with Gasteiger partial charge in [0.15, 0.2) is 16.6 Å². The zero-order valence-corrected chi connectivity index (χ0v) is 14.6. The van der Waals surface area contributed by atoms with Gasteiger partial charge in [-0.1, -0.05) is 23.8 Å². The molecule has 4 rings (SSSR count). The summed E-state index contributed by atoms with van der Waals surface area (Å²) in [4.78, 5) is 26.6. The Labute approximate surface area is 155 Å². The van der Waals surface area contributed by atoms with Crippen LogP contribution in [0.15, 0.2) is 48.0 Å². The first-order chi connectivity index (χ1) is 12.5. The van der Waals surface area contributed by atoms with E-state index in [1.165, 1.54) is 11.0 Å². The fourth-order valence-electron chi connectivity index (χ4n) is 2.76. The van der Waals surface area contributed by atoms with Crippen molar-refractivity contribution >= 4 is 40.9 Å². The third-order valence-electron chi connectivity index (χ3n) is 4.10. The minimum absolute atomic E-state index is 0.00181. The molecule has 2 aliphatic rings. The molecule has 1 N–H and O–H groups in total. The van der Waals surface area contributed by atoms with E-state index in [1.54, 1.807) is 30.3 Å². The summed E-state index contributed by atoms with van der Waals surface area (Å²) in [5.74, 6) is 0.212. The minimum atomic E-state index is -0.527. The average molecular weight is 366 g/mol. The Balaban J connectivity index is 1.71. The van der Waals surface area contributed by atoms with Gasteiger partial charge in [-0.25, -0.2) is 0 Å². The van der Waals surface area contributed by atoms with Crippen molar-refractivity contribution in [3.05, 3.63) is 59.2 Å². The smallest absolute Gasteiger partial charge is 0.270 e. The van der Waals surface area contributed by atoms with E-state index in [2.05, 4.69) is 5.32 Å². The summed E-state index contributed by atoms with van der Waals surface area (Å²) in [5, 5.41) is 2.63. The van der Waals surface area contributed by atoms with Crippen LogP contribution in [-0.4, -0.2) is 23.7 Å². The Morgan fingerprint density at radius 2 is 1.81 bits per heavy atom. The monoisotopic (exact) mass is 366 g/mol. The second-order valence-corrected chi connectivity index (χ2v) is 6.29. The number of benzene rings is 2. The second-order valence-electron chi connectivity index (χ2n) is 5.91. The van der Waals surface area contributed by atoms with Crippen LogP contribution in [0.25, 0.3) is 6.08 Å². The van der Waals surface area contributed by atoms with Gasteiger partial charge >= 0.3 is 0 Å². The molecule has 26 heavy (non-hydrogen) atoms. The number of hydrogen-bond acceptors (Lipinski definition) is 5. The summed E-state index contributed by atoms with van der Waals surface area (Å²) >= 11 is 5.19. The minimum Gasteiger partial charge on any atom is -0.454 e. The molecule has 2 heterocycles. The van der Waals surface area contributed by atoms with E-state index in [-0.39, 0.29) is 17.5 Å². The van der Waals surface area contributed by atoms with Crippen LogP contribution in [0.3, 0.4) is 0 Å². The molecule has 130 valence electrons. The molecule has 2 aromatic rings. The van der Waals surface area contributed by atoms with Gasteiger partial charge in [0.1, 0.15) is 5.57 Å². The van der Waals surface area contributed by atoms with E-state index in [4.69, 9.17) is 21.7 Å². The molecule has 2 aromatic carbocycles. The molecule has 2 amide bonds. The van der Waals surface area contributed by atoms with E-state index in [0.29, 0.717) is 22.7 Å². The largest absolute Gasteiger partial charge is 0.454 e. The number of carbonyl (C=O) groups excluding carboxylic acids is 2. The van der Waals surface area contributed by atoms with E-state index in [1.807, 2.05) is 19.1 Å². The lowest BCUT2D eigenvalue weighted by atomic mass is 10.1. The number of rotatable bonds is 2. The summed E-state index contributed by atoms with van der Waals surface area (Å²) in [6.07, 6.45) is 1.52. The number of anilines is 1. The maximum atomic E-state index is 12.9. The van der Waals surface area contributed by atoms with Crippen molar-refractivity contribution in [2.75, 3.05) is 11.7 Å². The highest BCUT2D eigenvalue weighted by molar-refractivity contribution is 7.80. The van der Waals surface area contributed by atoms with Crippen LogP contribution in [0.5, 0.6) is 11.5 Å². The van der Waals surface area contributed by atoms with Gasteiger partial charge in [-0.3, -0.25) is 19.8 Å². The number of ether oxygens (including phenoxy) is 2. The molecule has 0 aromatic heterocycles. The van der Waals surface area contributed by atoms with Crippen LogP contribution in [0.2, 0.25) is 0 Å². The van der Waals surface area contributed by atoms with Crippen molar-refractivity contribution in [2.24, 2.45) is 0 Å². The van der Waals surface area contributed by atoms with E-state index < -0.39 is 11.8 Å². The molecular weight excluding hydrogens is 352 g/mol. The van der Waals surface area contributed by atoms with Crippen molar-refractivity contribution in [1.29, 1.82) is 0 Å². The molecule has 0 radical (unpaired) electrons. The number of amides is 2. The van der Waals surface area contributed by atoms with Gasteiger partial charge in [0.2, 0.25) is 6.79 Å². The van der Waals surface area contributed by atoms with Crippen molar-refractivity contribution in [3.8, 4) is 11.5 Å². The lowest BCUT2D eigenvalue weighted by Crippen LogP contribution is -2.54. The van der Waals surface area contributed by atoms with E-state index in [9.17, 15) is 9.59 Å². The number of aryl methyl sites for hydroxylation is 1. The highest BCUT2D eigenvalue weighted by Crippen LogP contribution is 2.33. The normalized spacial score (nSPS) is 17.7. The van der Waals surface area contributed by atoms with Crippen molar-refractivity contribution < 1.29 is 19.1 Å². The molecule has 2 aliphatic heterocycles. The van der Waals surface area contributed by atoms with Crippen molar-refractivity contribution in [2.45, 2.75) is 6.92 Å². The topological polar surface area (TPSA) is 67.9 Å². The molecule has 0 unspecified atom stereocenters. The molecule has 0 saturated carbocycles.